The monoisotopic (exact) mass is 329 g/mol. The van der Waals surface area contributed by atoms with Gasteiger partial charge in [0.05, 0.1) is 7.11 Å². The number of benzene rings is 1. The molecule has 1 aromatic carbocycles. The minimum Gasteiger partial charge on any atom is -0.497 e. The molecule has 2 aromatic heterocycles. The smallest absolute Gasteiger partial charge is 0.227 e. The fourth-order valence-corrected chi connectivity index (χ4v) is 2.62. The van der Waals surface area contributed by atoms with Crippen molar-refractivity contribution in [3.8, 4) is 17.1 Å². The number of anilines is 1. The number of thiophene rings is 1. The Labute approximate surface area is 137 Å². The third-order valence-electron chi connectivity index (χ3n) is 3.19. The highest BCUT2D eigenvalue weighted by Crippen LogP contribution is 2.19. The van der Waals surface area contributed by atoms with Crippen LogP contribution in [-0.4, -0.2) is 23.2 Å². The van der Waals surface area contributed by atoms with E-state index in [9.17, 15) is 4.79 Å². The van der Waals surface area contributed by atoms with Gasteiger partial charge in [-0.05, 0) is 35.7 Å². The van der Waals surface area contributed by atoms with Gasteiger partial charge in [-0.1, -0.05) is 5.16 Å². The first-order valence-electron chi connectivity index (χ1n) is 7.03. The van der Waals surface area contributed by atoms with E-state index in [0.717, 1.165) is 17.0 Å². The second-order valence-corrected chi connectivity index (χ2v) is 5.58. The molecule has 2 heterocycles. The standard InChI is InChI=1S/C16H15N3O3S/c1-21-13-4-2-12(3-5-13)17-14(20)6-7-15-18-16(19-22-15)11-8-9-23-10-11/h2-5,8-10H,6-7H2,1H3,(H,17,20). The third kappa shape index (κ3) is 3.95. The summed E-state index contributed by atoms with van der Waals surface area (Å²) in [6.45, 7) is 0. The molecule has 23 heavy (non-hydrogen) atoms. The summed E-state index contributed by atoms with van der Waals surface area (Å²) in [7, 11) is 1.60. The number of methoxy groups -OCH3 is 1. The maximum absolute atomic E-state index is 11.9. The van der Waals surface area contributed by atoms with Gasteiger partial charge >= 0.3 is 0 Å². The molecule has 0 saturated heterocycles. The lowest BCUT2D eigenvalue weighted by Crippen LogP contribution is -2.12. The third-order valence-corrected chi connectivity index (χ3v) is 3.87. The molecule has 3 aromatic rings. The topological polar surface area (TPSA) is 77.2 Å². The normalized spacial score (nSPS) is 10.5. The molecule has 0 aliphatic rings. The predicted octanol–water partition coefficient (Wildman–Crippen LogP) is 3.38. The van der Waals surface area contributed by atoms with Gasteiger partial charge in [-0.25, -0.2) is 0 Å². The number of amides is 1. The van der Waals surface area contributed by atoms with Crippen LogP contribution in [0.1, 0.15) is 12.3 Å². The Morgan fingerprint density at radius 1 is 1.30 bits per heavy atom. The first-order chi connectivity index (χ1) is 11.2. The zero-order valence-corrected chi connectivity index (χ0v) is 13.3. The molecular weight excluding hydrogens is 314 g/mol. The van der Waals surface area contributed by atoms with Gasteiger partial charge in [0.15, 0.2) is 0 Å². The van der Waals surface area contributed by atoms with Crippen molar-refractivity contribution in [1.29, 1.82) is 0 Å². The lowest BCUT2D eigenvalue weighted by Gasteiger charge is -2.05. The fraction of sp³-hybridized carbons (Fsp3) is 0.188. The van der Waals surface area contributed by atoms with Gasteiger partial charge in [0, 0.05) is 29.5 Å². The molecule has 0 aliphatic carbocycles. The van der Waals surface area contributed by atoms with Gasteiger partial charge in [0.1, 0.15) is 5.75 Å². The van der Waals surface area contributed by atoms with Crippen molar-refractivity contribution in [3.63, 3.8) is 0 Å². The average Bonchev–Trinajstić information content (AvgIpc) is 3.25. The molecule has 7 heteroatoms. The fourth-order valence-electron chi connectivity index (χ4n) is 1.98. The van der Waals surface area contributed by atoms with Crippen LogP contribution in [0.15, 0.2) is 45.6 Å². The highest BCUT2D eigenvalue weighted by atomic mass is 32.1. The first-order valence-corrected chi connectivity index (χ1v) is 7.98. The van der Waals surface area contributed by atoms with Crippen molar-refractivity contribution in [1.82, 2.24) is 10.1 Å². The summed E-state index contributed by atoms with van der Waals surface area (Å²) in [5.41, 5.74) is 1.65. The molecule has 1 N–H and O–H groups in total. The van der Waals surface area contributed by atoms with Gasteiger partial charge < -0.3 is 14.6 Å². The van der Waals surface area contributed by atoms with Crippen molar-refractivity contribution in [2.24, 2.45) is 0 Å². The summed E-state index contributed by atoms with van der Waals surface area (Å²) in [6.07, 6.45) is 0.677. The van der Waals surface area contributed by atoms with E-state index in [0.29, 0.717) is 18.1 Å². The number of hydrogen-bond acceptors (Lipinski definition) is 6. The Morgan fingerprint density at radius 3 is 2.83 bits per heavy atom. The number of ether oxygens (including phenoxy) is 1. The Hall–Kier alpha value is -2.67. The second kappa shape index (κ2) is 7.06. The number of rotatable bonds is 6. The van der Waals surface area contributed by atoms with E-state index in [1.54, 1.807) is 42.7 Å². The molecule has 6 nitrogen and oxygen atoms in total. The number of aromatic nitrogens is 2. The van der Waals surface area contributed by atoms with E-state index in [4.69, 9.17) is 9.26 Å². The van der Waals surface area contributed by atoms with E-state index >= 15 is 0 Å². The molecule has 0 aliphatic heterocycles. The Morgan fingerprint density at radius 2 is 2.13 bits per heavy atom. The summed E-state index contributed by atoms with van der Waals surface area (Å²) in [5, 5.41) is 10.6. The molecule has 0 fully saturated rings. The lowest BCUT2D eigenvalue weighted by atomic mass is 10.2. The van der Waals surface area contributed by atoms with Crippen LogP contribution in [0.4, 0.5) is 5.69 Å². The SMILES string of the molecule is COc1ccc(NC(=O)CCc2nc(-c3ccsc3)no2)cc1. The summed E-state index contributed by atoms with van der Waals surface area (Å²) in [5.74, 6) is 1.65. The quantitative estimate of drug-likeness (QED) is 0.750. The summed E-state index contributed by atoms with van der Waals surface area (Å²) in [6, 6.07) is 9.09. The Bertz CT molecular complexity index is 766. The van der Waals surface area contributed by atoms with E-state index in [1.807, 2.05) is 16.8 Å². The van der Waals surface area contributed by atoms with Crippen molar-refractivity contribution in [2.45, 2.75) is 12.8 Å². The Kier molecular flexibility index (Phi) is 4.68. The molecule has 118 valence electrons. The highest BCUT2D eigenvalue weighted by molar-refractivity contribution is 7.08. The molecule has 0 unspecified atom stereocenters. The van der Waals surface area contributed by atoms with Crippen LogP contribution in [0, 0.1) is 0 Å². The average molecular weight is 329 g/mol. The van der Waals surface area contributed by atoms with Crippen molar-refractivity contribution >= 4 is 22.9 Å². The number of carbonyl (C=O) groups is 1. The van der Waals surface area contributed by atoms with Crippen LogP contribution in [-0.2, 0) is 11.2 Å². The summed E-state index contributed by atoms with van der Waals surface area (Å²) in [4.78, 5) is 16.2. The minimum absolute atomic E-state index is 0.106. The van der Waals surface area contributed by atoms with Crippen LogP contribution in [0.3, 0.4) is 0 Å². The Balaban J connectivity index is 1.52. The van der Waals surface area contributed by atoms with Gasteiger partial charge in [-0.3, -0.25) is 4.79 Å². The van der Waals surface area contributed by atoms with Crippen LogP contribution in [0.2, 0.25) is 0 Å². The number of hydrogen-bond donors (Lipinski definition) is 1. The van der Waals surface area contributed by atoms with Crippen LogP contribution < -0.4 is 10.1 Å². The van der Waals surface area contributed by atoms with Crippen molar-refractivity contribution < 1.29 is 14.1 Å². The molecule has 0 saturated carbocycles. The van der Waals surface area contributed by atoms with Crippen LogP contribution >= 0.6 is 11.3 Å². The van der Waals surface area contributed by atoms with Crippen molar-refractivity contribution in [2.75, 3.05) is 12.4 Å². The van der Waals surface area contributed by atoms with Crippen LogP contribution in [0.5, 0.6) is 5.75 Å². The minimum atomic E-state index is -0.106. The molecule has 3 rings (SSSR count). The number of nitrogens with one attached hydrogen (secondary N) is 1. The zero-order valence-electron chi connectivity index (χ0n) is 12.5. The maximum Gasteiger partial charge on any atom is 0.227 e. The number of nitrogens with zero attached hydrogens (tertiary/aromatic N) is 2. The van der Waals surface area contributed by atoms with Gasteiger partial charge in [0.2, 0.25) is 17.6 Å². The molecule has 0 atom stereocenters. The maximum atomic E-state index is 11.9. The molecular formula is C16H15N3O3S. The predicted molar refractivity (Wildman–Crippen MR) is 87.6 cm³/mol. The summed E-state index contributed by atoms with van der Waals surface area (Å²) >= 11 is 1.57. The zero-order chi connectivity index (χ0) is 16.1. The summed E-state index contributed by atoms with van der Waals surface area (Å²) < 4.78 is 10.2. The second-order valence-electron chi connectivity index (χ2n) is 4.80. The van der Waals surface area contributed by atoms with E-state index in [-0.39, 0.29) is 12.3 Å². The van der Waals surface area contributed by atoms with E-state index < -0.39 is 0 Å². The van der Waals surface area contributed by atoms with Gasteiger partial charge in [-0.15, -0.1) is 0 Å². The lowest BCUT2D eigenvalue weighted by molar-refractivity contribution is -0.116. The first kappa shape index (κ1) is 15.2. The van der Waals surface area contributed by atoms with Gasteiger partial charge in [-0.2, -0.15) is 16.3 Å². The number of aryl methyl sites for hydroxylation is 1. The highest BCUT2D eigenvalue weighted by Gasteiger charge is 2.11. The molecule has 1 amide bonds. The van der Waals surface area contributed by atoms with Crippen molar-refractivity contribution in [3.05, 3.63) is 47.0 Å². The van der Waals surface area contributed by atoms with Crippen LogP contribution in [0.25, 0.3) is 11.4 Å². The number of carbonyl (C=O) groups excluding carboxylic acids is 1. The van der Waals surface area contributed by atoms with E-state index in [2.05, 4.69) is 15.5 Å². The molecule has 0 radical (unpaired) electrons. The van der Waals surface area contributed by atoms with Gasteiger partial charge in [0.25, 0.3) is 0 Å². The molecule has 0 bridgehead atoms. The largest absolute Gasteiger partial charge is 0.497 e. The van der Waals surface area contributed by atoms with E-state index in [1.165, 1.54) is 0 Å². The molecule has 0 spiro atoms.